The second-order valence-corrected chi connectivity index (χ2v) is 5.60. The first-order valence-electron chi connectivity index (χ1n) is 7.09. The van der Waals surface area contributed by atoms with E-state index in [9.17, 15) is 0 Å². The number of rotatable bonds is 5. The molecule has 1 aliphatic carbocycles. The van der Waals surface area contributed by atoms with Gasteiger partial charge >= 0.3 is 0 Å². The molecule has 1 aromatic carbocycles. The van der Waals surface area contributed by atoms with E-state index in [0.717, 1.165) is 25.9 Å². The van der Waals surface area contributed by atoms with Crippen LogP contribution in [0.3, 0.4) is 0 Å². The Balaban J connectivity index is 2.01. The Hall–Kier alpha value is -0.860. The van der Waals surface area contributed by atoms with Gasteiger partial charge in [0.05, 0.1) is 12.1 Å². The van der Waals surface area contributed by atoms with Crippen molar-refractivity contribution in [2.45, 2.75) is 45.3 Å². The smallest absolute Gasteiger partial charge is 0.0772 e. The summed E-state index contributed by atoms with van der Waals surface area (Å²) >= 11 is 0. The van der Waals surface area contributed by atoms with Crippen LogP contribution in [0.15, 0.2) is 24.3 Å². The Kier molecular flexibility index (Phi) is 4.79. The van der Waals surface area contributed by atoms with Crippen molar-refractivity contribution in [1.82, 2.24) is 5.32 Å². The van der Waals surface area contributed by atoms with E-state index < -0.39 is 0 Å². The predicted octanol–water partition coefficient (Wildman–Crippen LogP) is 3.32. The minimum absolute atomic E-state index is 0.323. The normalized spacial score (nSPS) is 23.1. The first-order valence-corrected chi connectivity index (χ1v) is 7.09. The second-order valence-electron chi connectivity index (χ2n) is 5.60. The van der Waals surface area contributed by atoms with Crippen LogP contribution in [0.5, 0.6) is 0 Å². The van der Waals surface area contributed by atoms with Crippen LogP contribution in [0.25, 0.3) is 0 Å². The molecule has 0 fully saturated rings. The van der Waals surface area contributed by atoms with Gasteiger partial charge in [-0.25, -0.2) is 0 Å². The molecule has 1 aliphatic rings. The molecule has 0 heterocycles. The van der Waals surface area contributed by atoms with Crippen LogP contribution in [-0.2, 0) is 11.2 Å². The zero-order valence-corrected chi connectivity index (χ0v) is 11.8. The summed E-state index contributed by atoms with van der Waals surface area (Å²) in [5.74, 6) is 0.717. The number of aryl methyl sites for hydroxylation is 1. The maximum absolute atomic E-state index is 6.09. The first kappa shape index (κ1) is 13.6. The molecule has 1 aromatic rings. The number of likely N-dealkylation sites (N-methyl/N-ethyl adjacent to an activating group) is 1. The Morgan fingerprint density at radius 3 is 2.83 bits per heavy atom. The van der Waals surface area contributed by atoms with Crippen molar-refractivity contribution in [2.24, 2.45) is 5.92 Å². The molecule has 18 heavy (non-hydrogen) atoms. The van der Waals surface area contributed by atoms with Gasteiger partial charge in [0, 0.05) is 6.61 Å². The van der Waals surface area contributed by atoms with Gasteiger partial charge in [-0.05, 0) is 43.4 Å². The van der Waals surface area contributed by atoms with Crippen molar-refractivity contribution < 1.29 is 4.74 Å². The highest BCUT2D eigenvalue weighted by atomic mass is 16.5. The molecule has 0 amide bonds. The molecule has 100 valence electrons. The lowest BCUT2D eigenvalue weighted by molar-refractivity contribution is 0.0123. The molecule has 2 unspecified atom stereocenters. The maximum atomic E-state index is 6.09. The Bertz CT molecular complexity index is 375. The third-order valence-electron chi connectivity index (χ3n) is 3.80. The molecule has 2 heteroatoms. The van der Waals surface area contributed by atoms with Crippen molar-refractivity contribution in [1.29, 1.82) is 0 Å². The topological polar surface area (TPSA) is 21.3 Å². The number of fused-ring (bicyclic) bond motifs is 1. The summed E-state index contributed by atoms with van der Waals surface area (Å²) in [6.45, 7) is 5.37. The molecule has 0 radical (unpaired) electrons. The maximum Gasteiger partial charge on any atom is 0.0772 e. The monoisotopic (exact) mass is 247 g/mol. The third-order valence-corrected chi connectivity index (χ3v) is 3.80. The van der Waals surface area contributed by atoms with E-state index in [-0.39, 0.29) is 0 Å². The van der Waals surface area contributed by atoms with Gasteiger partial charge in [0.1, 0.15) is 0 Å². The minimum Gasteiger partial charge on any atom is -0.376 e. The summed E-state index contributed by atoms with van der Waals surface area (Å²) in [7, 11) is 2.03. The Morgan fingerprint density at radius 1 is 1.33 bits per heavy atom. The van der Waals surface area contributed by atoms with E-state index in [1.165, 1.54) is 11.1 Å². The van der Waals surface area contributed by atoms with Crippen molar-refractivity contribution in [3.63, 3.8) is 0 Å². The molecule has 0 spiro atoms. The van der Waals surface area contributed by atoms with Gasteiger partial charge in [-0.2, -0.15) is 0 Å². The van der Waals surface area contributed by atoms with Crippen LogP contribution in [0.2, 0.25) is 0 Å². The van der Waals surface area contributed by atoms with E-state index in [0.29, 0.717) is 18.1 Å². The van der Waals surface area contributed by atoms with Crippen LogP contribution in [0, 0.1) is 5.92 Å². The predicted molar refractivity (Wildman–Crippen MR) is 75.8 cm³/mol. The highest BCUT2D eigenvalue weighted by Gasteiger charge is 2.28. The summed E-state index contributed by atoms with van der Waals surface area (Å²) in [4.78, 5) is 0. The largest absolute Gasteiger partial charge is 0.376 e. The van der Waals surface area contributed by atoms with Crippen LogP contribution >= 0.6 is 0 Å². The fourth-order valence-electron chi connectivity index (χ4n) is 2.71. The average molecular weight is 247 g/mol. The van der Waals surface area contributed by atoms with Gasteiger partial charge in [0.25, 0.3) is 0 Å². The van der Waals surface area contributed by atoms with Crippen LogP contribution in [0.1, 0.15) is 43.9 Å². The Labute approximate surface area is 111 Å². The van der Waals surface area contributed by atoms with Crippen molar-refractivity contribution in [2.75, 3.05) is 13.7 Å². The molecular weight excluding hydrogens is 222 g/mol. The zero-order chi connectivity index (χ0) is 13.0. The quantitative estimate of drug-likeness (QED) is 0.862. The highest BCUT2D eigenvalue weighted by Crippen LogP contribution is 2.31. The van der Waals surface area contributed by atoms with Crippen molar-refractivity contribution in [3.8, 4) is 0 Å². The van der Waals surface area contributed by atoms with E-state index in [1.807, 2.05) is 7.05 Å². The van der Waals surface area contributed by atoms with E-state index in [4.69, 9.17) is 4.74 Å². The van der Waals surface area contributed by atoms with E-state index in [2.05, 4.69) is 43.4 Å². The summed E-state index contributed by atoms with van der Waals surface area (Å²) in [6, 6.07) is 9.08. The molecule has 0 saturated heterocycles. The molecule has 2 atom stereocenters. The lowest BCUT2D eigenvalue weighted by Crippen LogP contribution is -2.36. The summed E-state index contributed by atoms with van der Waals surface area (Å²) in [5.41, 5.74) is 2.89. The van der Waals surface area contributed by atoms with Gasteiger partial charge in [-0.15, -0.1) is 0 Å². The first-order chi connectivity index (χ1) is 8.72. The average Bonchev–Trinajstić information content (AvgIpc) is 2.38. The molecular formula is C16H25NO. The fourth-order valence-corrected chi connectivity index (χ4v) is 2.71. The molecule has 0 bridgehead atoms. The van der Waals surface area contributed by atoms with Crippen LogP contribution in [0.4, 0.5) is 0 Å². The van der Waals surface area contributed by atoms with E-state index >= 15 is 0 Å². The fraction of sp³-hybridized carbons (Fsp3) is 0.625. The van der Waals surface area contributed by atoms with Gasteiger partial charge in [0.15, 0.2) is 0 Å². The van der Waals surface area contributed by atoms with Crippen molar-refractivity contribution in [3.05, 3.63) is 35.4 Å². The van der Waals surface area contributed by atoms with Gasteiger partial charge < -0.3 is 10.1 Å². The van der Waals surface area contributed by atoms with E-state index in [1.54, 1.807) is 0 Å². The number of nitrogens with one attached hydrogen (secondary N) is 1. The number of hydrogen-bond donors (Lipinski definition) is 1. The van der Waals surface area contributed by atoms with Gasteiger partial charge in [-0.3, -0.25) is 0 Å². The van der Waals surface area contributed by atoms with Crippen LogP contribution < -0.4 is 5.32 Å². The Morgan fingerprint density at radius 2 is 2.11 bits per heavy atom. The van der Waals surface area contributed by atoms with Crippen molar-refractivity contribution >= 4 is 0 Å². The van der Waals surface area contributed by atoms with Gasteiger partial charge in [-0.1, -0.05) is 38.1 Å². The lowest BCUT2D eigenvalue weighted by atomic mass is 9.85. The van der Waals surface area contributed by atoms with Crippen LogP contribution in [-0.4, -0.2) is 19.8 Å². The minimum atomic E-state index is 0.323. The summed E-state index contributed by atoms with van der Waals surface area (Å²) in [6.07, 6.45) is 3.74. The molecule has 0 saturated carbocycles. The second kappa shape index (κ2) is 6.35. The molecule has 2 nitrogen and oxygen atoms in total. The number of ether oxygens (including phenoxy) is 1. The molecule has 2 rings (SSSR count). The standard InChI is InChI=1S/C16H25NO/c1-12(2)10-11-18-15-9-8-13-6-4-5-7-14(13)16(15)17-3/h4-7,12,15-17H,8-11H2,1-3H3. The summed E-state index contributed by atoms with van der Waals surface area (Å²) in [5, 5.41) is 3.42. The number of hydrogen-bond acceptors (Lipinski definition) is 2. The molecule has 0 aliphatic heterocycles. The lowest BCUT2D eigenvalue weighted by Gasteiger charge is -2.33. The third kappa shape index (κ3) is 3.12. The SMILES string of the molecule is CNC1c2ccccc2CCC1OCCC(C)C. The summed E-state index contributed by atoms with van der Waals surface area (Å²) < 4.78 is 6.09. The number of benzene rings is 1. The van der Waals surface area contributed by atoms with Gasteiger partial charge in [0.2, 0.25) is 0 Å². The molecule has 1 N–H and O–H groups in total. The highest BCUT2D eigenvalue weighted by molar-refractivity contribution is 5.33. The molecule has 0 aromatic heterocycles. The zero-order valence-electron chi connectivity index (χ0n) is 11.8.